The minimum atomic E-state index is -2.07. The third kappa shape index (κ3) is 43.2. The maximum atomic E-state index is 14.9. The number of carboxylic acids is 6. The molecule has 0 spiro atoms. The topological polar surface area (TPSA) is 866 Å². The van der Waals surface area contributed by atoms with E-state index in [4.69, 9.17) is 34.4 Å². The lowest BCUT2D eigenvalue weighted by atomic mass is 10.0. The molecule has 1 aromatic carbocycles. The number of aliphatic carboxylic acids is 6. The van der Waals surface area contributed by atoms with Crippen LogP contribution in [0.15, 0.2) is 47.8 Å². The molecule has 15 amide bonds. The number of nitrogens with one attached hydrogen (secondary N) is 15. The highest BCUT2D eigenvalue weighted by Crippen LogP contribution is 2.15. The summed E-state index contributed by atoms with van der Waals surface area (Å²) in [5.74, 6) is -27.8. The van der Waals surface area contributed by atoms with E-state index in [1.54, 1.807) is 24.5 Å². The second-order valence-electron chi connectivity index (χ2n) is 28.7. The largest absolute Gasteiger partial charge is 0.481 e. The van der Waals surface area contributed by atoms with Crippen molar-refractivity contribution in [1.82, 2.24) is 84.4 Å². The summed E-state index contributed by atoms with van der Waals surface area (Å²) in [5, 5.41) is 99.3. The molecule has 34 N–H and O–H groups in total. The van der Waals surface area contributed by atoms with Gasteiger partial charge in [0.1, 0.15) is 84.6 Å². The summed E-state index contributed by atoms with van der Waals surface area (Å²) in [4.78, 5) is 291. The molecule has 0 saturated carbocycles. The molecular formula is C74H115N23O28S. The minimum absolute atomic E-state index is 0.0285. The van der Waals surface area contributed by atoms with Crippen LogP contribution >= 0.6 is 11.8 Å². The first-order chi connectivity index (χ1) is 59.4. The number of nitrogens with zero attached hydrogens (tertiary/aromatic N) is 2. The van der Waals surface area contributed by atoms with Crippen molar-refractivity contribution in [2.75, 3.05) is 38.2 Å². The number of aliphatic hydroxyl groups excluding tert-OH is 1. The summed E-state index contributed by atoms with van der Waals surface area (Å²) in [6.07, 6.45) is -4.17. The molecule has 0 aliphatic heterocycles. The lowest BCUT2D eigenvalue weighted by molar-refractivity contribution is -0.145. The molecule has 1 aromatic heterocycles. The zero-order valence-electron chi connectivity index (χ0n) is 69.3. The molecule has 0 bridgehead atoms. The quantitative estimate of drug-likeness (QED) is 0.0166. The van der Waals surface area contributed by atoms with Crippen molar-refractivity contribution in [2.45, 2.75) is 233 Å². The average molecular weight is 1810 g/mol. The van der Waals surface area contributed by atoms with Crippen LogP contribution in [0.4, 0.5) is 0 Å². The fourth-order valence-corrected chi connectivity index (χ4v) is 12.1. The molecule has 0 aliphatic rings. The molecule has 15 atom stereocenters. The van der Waals surface area contributed by atoms with Crippen LogP contribution in [0.3, 0.4) is 0 Å². The van der Waals surface area contributed by atoms with E-state index in [1.807, 2.05) is 5.32 Å². The summed E-state index contributed by atoms with van der Waals surface area (Å²) in [7, 11) is 0. The number of nitrogens with two attached hydrogens (primary N) is 6. The van der Waals surface area contributed by atoms with Crippen molar-refractivity contribution >= 4 is 142 Å². The van der Waals surface area contributed by atoms with Gasteiger partial charge in [0.25, 0.3) is 0 Å². The van der Waals surface area contributed by atoms with Crippen molar-refractivity contribution in [3.05, 3.63) is 54.1 Å². The van der Waals surface area contributed by atoms with E-state index >= 15 is 0 Å². The Labute approximate surface area is 724 Å². The molecule has 1 heterocycles. The number of carbonyl (C=O) groups is 21. The number of hydrogen-bond acceptors (Lipinski definition) is 28. The molecule has 0 radical (unpaired) electrons. The first-order valence-electron chi connectivity index (χ1n) is 39.6. The minimum Gasteiger partial charge on any atom is -0.481 e. The third-order valence-corrected chi connectivity index (χ3v) is 19.1. The van der Waals surface area contributed by atoms with Crippen LogP contribution in [0, 0.1) is 0 Å². The molecule has 0 saturated heterocycles. The molecule has 0 aliphatic carbocycles. The van der Waals surface area contributed by atoms with Gasteiger partial charge in [-0.15, -0.1) is 0 Å². The Bertz CT molecular complexity index is 4090. The van der Waals surface area contributed by atoms with E-state index in [2.05, 4.69) is 84.1 Å². The van der Waals surface area contributed by atoms with Crippen molar-refractivity contribution in [1.29, 1.82) is 0 Å². The molecule has 52 heteroatoms. The lowest BCUT2D eigenvalue weighted by Gasteiger charge is -2.28. The molecule has 126 heavy (non-hydrogen) atoms. The fourth-order valence-electron chi connectivity index (χ4n) is 11.6. The van der Waals surface area contributed by atoms with Gasteiger partial charge in [-0.2, -0.15) is 11.8 Å². The highest BCUT2D eigenvalue weighted by Gasteiger charge is 2.39. The Hall–Kier alpha value is -13.2. The second-order valence-corrected chi connectivity index (χ2v) is 29.7. The van der Waals surface area contributed by atoms with Gasteiger partial charge >= 0.3 is 35.8 Å². The maximum Gasteiger partial charge on any atom is 0.328 e. The lowest BCUT2D eigenvalue weighted by Crippen LogP contribution is -2.61. The zero-order chi connectivity index (χ0) is 94.9. The first-order valence-corrected chi connectivity index (χ1v) is 41.0. The molecule has 700 valence electrons. The van der Waals surface area contributed by atoms with E-state index in [1.165, 1.54) is 36.4 Å². The van der Waals surface area contributed by atoms with Crippen LogP contribution in [-0.2, 0) is 114 Å². The number of unbranched alkanes of at least 4 members (excludes halogenated alkanes) is 2. The monoisotopic (exact) mass is 1810 g/mol. The van der Waals surface area contributed by atoms with Crippen LogP contribution in [0.1, 0.15) is 141 Å². The number of primary amides is 1. The molecule has 0 fully saturated rings. The van der Waals surface area contributed by atoms with E-state index in [9.17, 15) is 136 Å². The Balaban J connectivity index is 2.61. The van der Waals surface area contributed by atoms with Crippen LogP contribution in [0.25, 0.3) is 0 Å². The predicted octanol–water partition coefficient (Wildman–Crippen LogP) is -10.1. The van der Waals surface area contributed by atoms with Gasteiger partial charge < -0.3 is 150 Å². The number of aromatic amines is 1. The Morgan fingerprint density at radius 1 is 0.397 bits per heavy atom. The molecule has 2 aromatic rings. The number of H-pyrrole nitrogens is 1. The van der Waals surface area contributed by atoms with E-state index in [0.29, 0.717) is 18.4 Å². The van der Waals surface area contributed by atoms with Gasteiger partial charge in [-0.1, -0.05) is 36.8 Å². The summed E-state index contributed by atoms with van der Waals surface area (Å²) in [5.41, 5.74) is 34.2. The van der Waals surface area contributed by atoms with Crippen LogP contribution in [0.2, 0.25) is 0 Å². The van der Waals surface area contributed by atoms with Gasteiger partial charge in [-0.3, -0.25) is 101 Å². The highest BCUT2D eigenvalue weighted by atomic mass is 32.2. The number of carboxylic acid groups (broad SMARTS) is 6. The standard InChI is InChI=1S/C74H115N23O28S/c1-36(85-68(119)49(30-56(104)105)95-66(117)44(18-21-54(100)101)86-61(112)40(77)14-7-9-24-75)59(110)84-37(2)60(111)92-50(31-57(106)107)71(122)88-41(15-8-10-25-76)63(114)93-47(28-38-12-5-4-6-13-38)69(120)90-45(19-22-55(102)103)64(115)87-42(16-11-26-82-74(79)80)62(113)89-43(17-20-53(78)99)65(116)94-48(29-39-33-81-35-83-39)70(121)91-46(23-27-126-3)67(118)96-51(32-58(108)109)72(123)97-52(34-98)73(124)125/h4-6,12-13,33,35-37,40-52,98H,7-11,14-32,34,75-77H2,1-3H3,(H2,78,99)(H,81,83)(H,84,110)(H,85,119)(H,86,112)(H,87,115)(H,88,122)(H,89,113)(H,90,120)(H,91,121)(H,92,111)(H,93,114)(H,94,116)(H,95,117)(H,96,118)(H,97,123)(H,100,101)(H,102,103)(H,104,105)(H,106,107)(H,108,109)(H,124,125)(H4,79,80,82)/t36-,37-,40-,41-,42-,43-,44-,45-,46-,47-,48-,49-,50-,51-,52-/m0/s1. The van der Waals surface area contributed by atoms with Gasteiger partial charge in [-0.05, 0) is 115 Å². The van der Waals surface area contributed by atoms with Gasteiger partial charge in [0.15, 0.2) is 5.96 Å². The summed E-state index contributed by atoms with van der Waals surface area (Å²) in [6, 6.07) is -19.0. The van der Waals surface area contributed by atoms with Crippen LogP contribution in [-0.4, -0.2) is 305 Å². The number of amides is 15. The smallest absolute Gasteiger partial charge is 0.328 e. The van der Waals surface area contributed by atoms with Crippen LogP contribution in [0.5, 0.6) is 0 Å². The van der Waals surface area contributed by atoms with Gasteiger partial charge in [-0.25, -0.2) is 9.78 Å². The second kappa shape index (κ2) is 58.0. The first kappa shape index (κ1) is 109. The predicted molar refractivity (Wildman–Crippen MR) is 441 cm³/mol. The number of aliphatic hydroxyl groups is 1. The number of aliphatic imine (C=N–C) groups is 1. The van der Waals surface area contributed by atoms with Crippen molar-refractivity contribution in [2.24, 2.45) is 39.4 Å². The number of thioether (sulfide) groups is 1. The highest BCUT2D eigenvalue weighted by molar-refractivity contribution is 7.98. The van der Waals surface area contributed by atoms with Crippen molar-refractivity contribution in [3.8, 4) is 0 Å². The number of hydrogen-bond donors (Lipinski definition) is 28. The van der Waals surface area contributed by atoms with Crippen LogP contribution < -0.4 is 109 Å². The van der Waals surface area contributed by atoms with E-state index in [0.717, 1.165) is 13.8 Å². The van der Waals surface area contributed by atoms with Gasteiger partial charge in [0.2, 0.25) is 88.6 Å². The SMILES string of the molecule is CSCC[C@H](NC(=O)[C@H](Cc1c[nH]cn1)NC(=O)[C@H](CCC(N)=O)NC(=O)[C@H](CCCN=C(N)N)NC(=O)[C@H](CCC(=O)O)NC(=O)[C@H](Cc1ccccc1)NC(=O)[C@H](CCCCN)NC(=O)[C@H](CC(=O)O)NC(=O)[C@H](C)NC(=O)[C@H](C)NC(=O)[C@H](CC(=O)O)NC(=O)[C@H](CCC(=O)O)NC(=O)[C@@H](N)CCCCN)C(=O)N[C@@H](CC(=O)O)C(=O)N[C@@H](CO)C(=O)O. The zero-order valence-corrected chi connectivity index (χ0v) is 70.2. The molecule has 0 unspecified atom stereocenters. The number of guanidine groups is 1. The number of aromatic nitrogens is 2. The number of benzene rings is 1. The van der Waals surface area contributed by atoms with E-state index in [-0.39, 0.29) is 69.6 Å². The van der Waals surface area contributed by atoms with Gasteiger partial charge in [0, 0.05) is 44.8 Å². The van der Waals surface area contributed by atoms with E-state index < -0.39 is 305 Å². The Morgan fingerprint density at radius 3 is 1.13 bits per heavy atom. The summed E-state index contributed by atoms with van der Waals surface area (Å²) in [6.45, 7) is 1.07. The maximum absolute atomic E-state index is 14.9. The molecule has 2 rings (SSSR count). The Morgan fingerprint density at radius 2 is 0.738 bits per heavy atom. The number of carbonyl (C=O) groups excluding carboxylic acids is 15. The number of rotatable bonds is 64. The fraction of sp³-hybridized carbons (Fsp3) is 0.581. The molecule has 51 nitrogen and oxygen atoms in total. The third-order valence-electron chi connectivity index (χ3n) is 18.4. The summed E-state index contributed by atoms with van der Waals surface area (Å²) < 4.78 is 0. The normalized spacial score (nSPS) is 14.5. The average Bonchev–Trinajstić information content (AvgIpc) is 1.12. The van der Waals surface area contributed by atoms with Gasteiger partial charge in [0.05, 0.1) is 43.9 Å². The summed E-state index contributed by atoms with van der Waals surface area (Å²) >= 11 is 1.17. The number of imidazole rings is 1. The van der Waals surface area contributed by atoms with Crippen molar-refractivity contribution < 1.29 is 136 Å². The Kier molecular flexibility index (Phi) is 50.1. The van der Waals surface area contributed by atoms with Crippen molar-refractivity contribution in [3.63, 3.8) is 0 Å². The molecular weight excluding hydrogens is 1690 g/mol.